The molecule has 3 aliphatic heterocycles. The van der Waals surface area contributed by atoms with E-state index in [4.69, 9.17) is 16.3 Å². The lowest BCUT2D eigenvalue weighted by atomic mass is 9.95. The van der Waals surface area contributed by atoms with Gasteiger partial charge in [-0.25, -0.2) is 12.7 Å². The summed E-state index contributed by atoms with van der Waals surface area (Å²) in [4.78, 5) is 2.38. The standard InChI is InChI=1S/C16H23ClN2O3S/c1-23(20,21)19-11-13-2-5-15(12-19)18(10-13)8-9-22-16-6-3-14(17)4-7-16/h3-4,6-7,13,15H,2,5,8-12H2,1H3/t13-,15-/m1/s1. The quantitative estimate of drug-likeness (QED) is 0.808. The highest BCUT2D eigenvalue weighted by Gasteiger charge is 2.37. The van der Waals surface area contributed by atoms with Crippen molar-refractivity contribution in [2.75, 3.05) is 39.0 Å². The molecule has 0 spiro atoms. The molecule has 2 bridgehead atoms. The number of hydrogen-bond donors (Lipinski definition) is 0. The van der Waals surface area contributed by atoms with Crippen molar-refractivity contribution in [3.8, 4) is 5.75 Å². The Balaban J connectivity index is 1.56. The number of hydrogen-bond acceptors (Lipinski definition) is 4. The van der Waals surface area contributed by atoms with Gasteiger partial charge in [0.15, 0.2) is 0 Å². The van der Waals surface area contributed by atoms with Crippen LogP contribution in [0.25, 0.3) is 0 Å². The van der Waals surface area contributed by atoms with Crippen molar-refractivity contribution in [3.05, 3.63) is 29.3 Å². The molecule has 0 N–H and O–H groups in total. The highest BCUT2D eigenvalue weighted by atomic mass is 35.5. The van der Waals surface area contributed by atoms with Gasteiger partial charge in [0.25, 0.3) is 0 Å². The summed E-state index contributed by atoms with van der Waals surface area (Å²) in [5, 5.41) is 0.697. The van der Waals surface area contributed by atoms with E-state index in [2.05, 4.69) is 4.90 Å². The van der Waals surface area contributed by atoms with Gasteiger partial charge in [0, 0.05) is 37.2 Å². The normalized spacial score (nSPS) is 26.2. The minimum absolute atomic E-state index is 0.303. The monoisotopic (exact) mass is 358 g/mol. The van der Waals surface area contributed by atoms with E-state index in [1.165, 1.54) is 6.26 Å². The van der Waals surface area contributed by atoms with Crippen LogP contribution in [-0.4, -0.2) is 62.7 Å². The van der Waals surface area contributed by atoms with Crippen molar-refractivity contribution in [3.63, 3.8) is 0 Å². The average molecular weight is 359 g/mol. The molecule has 3 aliphatic rings. The van der Waals surface area contributed by atoms with E-state index >= 15 is 0 Å². The zero-order valence-corrected chi connectivity index (χ0v) is 14.9. The Bertz CT molecular complexity index is 635. The summed E-state index contributed by atoms with van der Waals surface area (Å²) in [5.41, 5.74) is 0. The molecule has 1 aromatic rings. The largest absolute Gasteiger partial charge is 0.492 e. The second kappa shape index (κ2) is 6.97. The maximum Gasteiger partial charge on any atom is 0.211 e. The summed E-state index contributed by atoms with van der Waals surface area (Å²) in [6.45, 7) is 3.64. The number of sulfonamides is 1. The number of benzene rings is 1. The molecule has 128 valence electrons. The third-order valence-corrected chi connectivity index (χ3v) is 6.21. The van der Waals surface area contributed by atoms with E-state index < -0.39 is 10.0 Å². The van der Waals surface area contributed by atoms with Crippen LogP contribution in [0.5, 0.6) is 5.75 Å². The Morgan fingerprint density at radius 2 is 1.91 bits per heavy atom. The van der Waals surface area contributed by atoms with Gasteiger partial charge in [-0.15, -0.1) is 0 Å². The molecule has 2 atom stereocenters. The molecule has 0 aliphatic carbocycles. The fraction of sp³-hybridized carbons (Fsp3) is 0.625. The molecule has 0 amide bonds. The smallest absolute Gasteiger partial charge is 0.211 e. The Hall–Kier alpha value is -0.820. The fourth-order valence-electron chi connectivity index (χ4n) is 3.49. The predicted molar refractivity (Wildman–Crippen MR) is 91.4 cm³/mol. The summed E-state index contributed by atoms with van der Waals surface area (Å²) in [6.07, 6.45) is 3.49. The van der Waals surface area contributed by atoms with Crippen molar-refractivity contribution in [1.29, 1.82) is 0 Å². The second-order valence-electron chi connectivity index (χ2n) is 6.47. The van der Waals surface area contributed by atoms with Crippen LogP contribution in [0.3, 0.4) is 0 Å². The second-order valence-corrected chi connectivity index (χ2v) is 8.89. The lowest BCUT2D eigenvalue weighted by Crippen LogP contribution is -2.46. The Morgan fingerprint density at radius 1 is 1.17 bits per heavy atom. The molecule has 7 heteroatoms. The van der Waals surface area contributed by atoms with Crippen LogP contribution < -0.4 is 4.74 Å². The van der Waals surface area contributed by atoms with Gasteiger partial charge >= 0.3 is 0 Å². The molecule has 0 radical (unpaired) electrons. The first-order chi connectivity index (χ1) is 10.9. The summed E-state index contributed by atoms with van der Waals surface area (Å²) >= 11 is 5.86. The van der Waals surface area contributed by atoms with Gasteiger partial charge in [0.1, 0.15) is 12.4 Å². The summed E-state index contributed by atoms with van der Waals surface area (Å²) in [7, 11) is -3.10. The molecular weight excluding hydrogens is 336 g/mol. The highest BCUT2D eigenvalue weighted by molar-refractivity contribution is 7.88. The molecule has 23 heavy (non-hydrogen) atoms. The van der Waals surface area contributed by atoms with E-state index in [9.17, 15) is 8.42 Å². The molecular formula is C16H23ClN2O3S. The van der Waals surface area contributed by atoms with E-state index in [0.29, 0.717) is 36.7 Å². The molecule has 3 saturated heterocycles. The Labute approximate surface area is 143 Å². The zero-order valence-electron chi connectivity index (χ0n) is 13.3. The van der Waals surface area contributed by atoms with E-state index in [-0.39, 0.29) is 0 Å². The number of rotatable bonds is 5. The topological polar surface area (TPSA) is 49.9 Å². The van der Waals surface area contributed by atoms with Crippen molar-refractivity contribution in [1.82, 2.24) is 9.21 Å². The predicted octanol–water partition coefficient (Wildman–Crippen LogP) is 2.07. The first kappa shape index (κ1) is 17.0. The molecule has 0 unspecified atom stereocenters. The molecule has 3 heterocycles. The minimum atomic E-state index is -3.10. The molecule has 4 rings (SSSR count). The van der Waals surface area contributed by atoms with E-state index in [1.807, 2.05) is 24.3 Å². The maximum absolute atomic E-state index is 11.9. The number of halogens is 1. The number of nitrogens with zero attached hydrogens (tertiary/aromatic N) is 2. The van der Waals surface area contributed by atoms with Crippen molar-refractivity contribution in [2.24, 2.45) is 5.92 Å². The van der Waals surface area contributed by atoms with E-state index in [1.54, 1.807) is 4.31 Å². The lowest BCUT2D eigenvalue weighted by Gasteiger charge is -2.35. The number of fused-ring (bicyclic) bond motifs is 4. The first-order valence-electron chi connectivity index (χ1n) is 7.99. The molecule has 0 saturated carbocycles. The summed E-state index contributed by atoms with van der Waals surface area (Å²) in [6, 6.07) is 7.66. The van der Waals surface area contributed by atoms with Gasteiger partial charge in [0.2, 0.25) is 10.0 Å². The third-order valence-electron chi connectivity index (χ3n) is 4.72. The lowest BCUT2D eigenvalue weighted by molar-refractivity contribution is 0.111. The third kappa shape index (κ3) is 4.38. The van der Waals surface area contributed by atoms with Crippen LogP contribution in [0.2, 0.25) is 5.02 Å². The van der Waals surface area contributed by atoms with Gasteiger partial charge in [0.05, 0.1) is 6.26 Å². The van der Waals surface area contributed by atoms with E-state index in [0.717, 1.165) is 31.7 Å². The Kier molecular flexibility index (Phi) is 5.16. The average Bonchev–Trinajstić information content (AvgIpc) is 2.81. The van der Waals surface area contributed by atoms with Crippen LogP contribution >= 0.6 is 11.6 Å². The van der Waals surface area contributed by atoms with Crippen LogP contribution in [-0.2, 0) is 10.0 Å². The zero-order chi connectivity index (χ0) is 16.4. The summed E-state index contributed by atoms with van der Waals surface area (Å²) < 4.78 is 31.1. The van der Waals surface area contributed by atoms with Crippen LogP contribution in [0.4, 0.5) is 0 Å². The van der Waals surface area contributed by atoms with Gasteiger partial charge in [-0.3, -0.25) is 4.90 Å². The summed E-state index contributed by atoms with van der Waals surface area (Å²) in [5.74, 6) is 1.24. The van der Waals surface area contributed by atoms with Crippen LogP contribution in [0.15, 0.2) is 24.3 Å². The van der Waals surface area contributed by atoms with Gasteiger partial charge in [-0.05, 0) is 43.0 Å². The molecule has 0 aromatic heterocycles. The molecule has 5 nitrogen and oxygen atoms in total. The van der Waals surface area contributed by atoms with Gasteiger partial charge in [-0.2, -0.15) is 0 Å². The number of ether oxygens (including phenoxy) is 1. The minimum Gasteiger partial charge on any atom is -0.492 e. The maximum atomic E-state index is 11.9. The van der Waals surface area contributed by atoms with Gasteiger partial charge < -0.3 is 4.74 Å². The van der Waals surface area contributed by atoms with Crippen molar-refractivity contribution >= 4 is 21.6 Å². The van der Waals surface area contributed by atoms with Crippen LogP contribution in [0, 0.1) is 5.92 Å². The SMILES string of the molecule is CS(=O)(=O)N1C[C@@H]2CC[C@H](C1)N(CCOc1ccc(Cl)cc1)C2. The fourth-order valence-corrected chi connectivity index (χ4v) is 4.54. The molecule has 3 fully saturated rings. The number of piperidine rings is 1. The van der Waals surface area contributed by atoms with Gasteiger partial charge in [-0.1, -0.05) is 11.6 Å². The van der Waals surface area contributed by atoms with Crippen molar-refractivity contribution < 1.29 is 13.2 Å². The highest BCUT2D eigenvalue weighted by Crippen LogP contribution is 2.28. The van der Waals surface area contributed by atoms with Crippen LogP contribution in [0.1, 0.15) is 12.8 Å². The molecule has 1 aromatic carbocycles. The van der Waals surface area contributed by atoms with Crippen molar-refractivity contribution in [2.45, 2.75) is 18.9 Å². The Morgan fingerprint density at radius 3 is 2.61 bits per heavy atom. The first-order valence-corrected chi connectivity index (χ1v) is 10.2.